The summed E-state index contributed by atoms with van der Waals surface area (Å²) in [4.78, 5) is 12.1. The number of halogens is 2. The van der Waals surface area contributed by atoms with E-state index in [1.807, 2.05) is 0 Å². The van der Waals surface area contributed by atoms with Crippen molar-refractivity contribution in [3.63, 3.8) is 0 Å². The predicted octanol–water partition coefficient (Wildman–Crippen LogP) is 1.73. The van der Waals surface area contributed by atoms with Crippen LogP contribution in [-0.2, 0) is 0 Å². The SMILES string of the molecule is COc1cc(F)c(C(=O)NC(CN)C2CC2)cc1OC.Cl. The van der Waals surface area contributed by atoms with E-state index < -0.39 is 11.7 Å². The number of amides is 1. The molecule has 0 bridgehead atoms. The van der Waals surface area contributed by atoms with Crippen molar-refractivity contribution in [1.29, 1.82) is 0 Å². The Bertz CT molecular complexity index is 509. The van der Waals surface area contributed by atoms with Gasteiger partial charge >= 0.3 is 0 Å². The summed E-state index contributed by atoms with van der Waals surface area (Å²) in [6.07, 6.45) is 2.10. The van der Waals surface area contributed by atoms with Crippen molar-refractivity contribution < 1.29 is 18.7 Å². The molecule has 1 fully saturated rings. The standard InChI is InChI=1S/C14H19FN2O3.ClH/c1-19-12-5-9(10(15)6-13(12)20-2)14(18)17-11(7-16)8-3-4-8;/h5-6,8,11H,3-4,7,16H2,1-2H3,(H,17,18);1H. The third kappa shape index (κ3) is 3.98. The van der Waals surface area contributed by atoms with Gasteiger partial charge < -0.3 is 20.5 Å². The van der Waals surface area contributed by atoms with Crippen LogP contribution in [-0.4, -0.2) is 32.7 Å². The normalized spacial score (nSPS) is 14.9. The maximum absolute atomic E-state index is 13.9. The van der Waals surface area contributed by atoms with Crippen LogP contribution in [0.15, 0.2) is 12.1 Å². The van der Waals surface area contributed by atoms with Gasteiger partial charge in [-0.25, -0.2) is 4.39 Å². The first-order chi connectivity index (χ1) is 9.60. The van der Waals surface area contributed by atoms with Gasteiger partial charge in [0.05, 0.1) is 19.8 Å². The summed E-state index contributed by atoms with van der Waals surface area (Å²) >= 11 is 0. The summed E-state index contributed by atoms with van der Waals surface area (Å²) in [6.45, 7) is 0.352. The number of hydrogen-bond acceptors (Lipinski definition) is 4. The Labute approximate surface area is 129 Å². The van der Waals surface area contributed by atoms with Crippen LogP contribution in [0.5, 0.6) is 11.5 Å². The molecule has 2 rings (SSSR count). The van der Waals surface area contributed by atoms with Gasteiger partial charge in [0.25, 0.3) is 5.91 Å². The first kappa shape index (κ1) is 17.5. The van der Waals surface area contributed by atoms with Crippen molar-refractivity contribution in [2.45, 2.75) is 18.9 Å². The van der Waals surface area contributed by atoms with E-state index in [0.29, 0.717) is 18.2 Å². The largest absolute Gasteiger partial charge is 0.493 e. The fourth-order valence-electron chi connectivity index (χ4n) is 2.14. The van der Waals surface area contributed by atoms with Gasteiger partial charge in [-0.05, 0) is 24.8 Å². The molecule has 0 aliphatic heterocycles. The Morgan fingerprint density at radius 2 is 1.95 bits per heavy atom. The van der Waals surface area contributed by atoms with Crippen LogP contribution in [0.25, 0.3) is 0 Å². The van der Waals surface area contributed by atoms with Gasteiger partial charge in [-0.3, -0.25) is 4.79 Å². The minimum atomic E-state index is -0.647. The molecular weight excluding hydrogens is 299 g/mol. The van der Waals surface area contributed by atoms with E-state index in [4.69, 9.17) is 15.2 Å². The van der Waals surface area contributed by atoms with E-state index >= 15 is 0 Å². The fourth-order valence-corrected chi connectivity index (χ4v) is 2.14. The van der Waals surface area contributed by atoms with Crippen LogP contribution in [0.1, 0.15) is 23.2 Å². The number of nitrogens with two attached hydrogens (primary N) is 1. The summed E-state index contributed by atoms with van der Waals surface area (Å²) < 4.78 is 24.0. The number of ether oxygens (including phenoxy) is 2. The fraction of sp³-hybridized carbons (Fsp3) is 0.500. The molecule has 1 aromatic rings. The summed E-state index contributed by atoms with van der Waals surface area (Å²) in [6, 6.07) is 2.38. The number of methoxy groups -OCH3 is 2. The van der Waals surface area contributed by atoms with E-state index in [1.165, 1.54) is 20.3 Å². The Morgan fingerprint density at radius 3 is 2.43 bits per heavy atom. The molecule has 5 nitrogen and oxygen atoms in total. The van der Waals surface area contributed by atoms with Crippen LogP contribution >= 0.6 is 12.4 Å². The molecule has 1 saturated carbocycles. The van der Waals surface area contributed by atoms with E-state index in [0.717, 1.165) is 18.9 Å². The topological polar surface area (TPSA) is 73.6 Å². The van der Waals surface area contributed by atoms with Crippen molar-refractivity contribution in [3.8, 4) is 11.5 Å². The third-order valence-electron chi connectivity index (χ3n) is 3.48. The van der Waals surface area contributed by atoms with Crippen molar-refractivity contribution >= 4 is 18.3 Å². The molecule has 1 aliphatic rings. The number of carbonyl (C=O) groups is 1. The molecule has 1 atom stereocenters. The molecular formula is C14H20ClFN2O3. The van der Waals surface area contributed by atoms with Crippen molar-refractivity contribution in [1.82, 2.24) is 5.32 Å². The highest BCUT2D eigenvalue weighted by molar-refractivity contribution is 5.95. The van der Waals surface area contributed by atoms with Crippen LogP contribution in [0.2, 0.25) is 0 Å². The Morgan fingerprint density at radius 1 is 1.38 bits per heavy atom. The minimum absolute atomic E-state index is 0. The van der Waals surface area contributed by atoms with Crippen LogP contribution in [0.3, 0.4) is 0 Å². The second-order valence-corrected chi connectivity index (χ2v) is 4.84. The first-order valence-corrected chi connectivity index (χ1v) is 6.53. The zero-order chi connectivity index (χ0) is 14.7. The van der Waals surface area contributed by atoms with Gasteiger partial charge in [-0.1, -0.05) is 0 Å². The monoisotopic (exact) mass is 318 g/mol. The summed E-state index contributed by atoms with van der Waals surface area (Å²) in [5.41, 5.74) is 5.56. The Balaban J connectivity index is 0.00000220. The minimum Gasteiger partial charge on any atom is -0.493 e. The van der Waals surface area contributed by atoms with E-state index in [9.17, 15) is 9.18 Å². The van der Waals surface area contributed by atoms with Crippen molar-refractivity contribution in [2.75, 3.05) is 20.8 Å². The first-order valence-electron chi connectivity index (χ1n) is 6.53. The van der Waals surface area contributed by atoms with Gasteiger partial charge in [-0.2, -0.15) is 0 Å². The second kappa shape index (κ2) is 7.47. The highest BCUT2D eigenvalue weighted by Gasteiger charge is 2.32. The molecule has 0 aromatic heterocycles. The average Bonchev–Trinajstić information content (AvgIpc) is 3.28. The van der Waals surface area contributed by atoms with E-state index in [2.05, 4.69) is 5.32 Å². The highest BCUT2D eigenvalue weighted by atomic mass is 35.5. The molecule has 3 N–H and O–H groups in total. The van der Waals surface area contributed by atoms with E-state index in [1.54, 1.807) is 0 Å². The van der Waals surface area contributed by atoms with Gasteiger partial charge in [0.2, 0.25) is 0 Å². The molecule has 1 aliphatic carbocycles. The van der Waals surface area contributed by atoms with Crippen LogP contribution in [0, 0.1) is 11.7 Å². The maximum Gasteiger partial charge on any atom is 0.254 e. The molecule has 7 heteroatoms. The van der Waals surface area contributed by atoms with Gasteiger partial charge in [0.1, 0.15) is 5.82 Å². The summed E-state index contributed by atoms with van der Waals surface area (Å²) in [7, 11) is 2.85. The number of nitrogens with one attached hydrogen (secondary N) is 1. The highest BCUT2D eigenvalue weighted by Crippen LogP contribution is 2.33. The lowest BCUT2D eigenvalue weighted by Gasteiger charge is -2.17. The molecule has 0 spiro atoms. The lowest BCUT2D eigenvalue weighted by Crippen LogP contribution is -2.42. The average molecular weight is 319 g/mol. The Kier molecular flexibility index (Phi) is 6.23. The lowest BCUT2D eigenvalue weighted by atomic mass is 10.1. The molecule has 0 heterocycles. The zero-order valence-electron chi connectivity index (χ0n) is 12.0. The predicted molar refractivity (Wildman–Crippen MR) is 79.8 cm³/mol. The van der Waals surface area contributed by atoms with Crippen molar-refractivity contribution in [2.24, 2.45) is 11.7 Å². The van der Waals surface area contributed by atoms with Gasteiger partial charge in [-0.15, -0.1) is 12.4 Å². The summed E-state index contributed by atoms with van der Waals surface area (Å²) in [5, 5.41) is 2.77. The van der Waals surface area contributed by atoms with Crippen LogP contribution in [0.4, 0.5) is 4.39 Å². The molecule has 1 amide bonds. The number of carbonyl (C=O) groups excluding carboxylic acids is 1. The number of benzene rings is 1. The van der Waals surface area contributed by atoms with Crippen molar-refractivity contribution in [3.05, 3.63) is 23.5 Å². The van der Waals surface area contributed by atoms with Gasteiger partial charge in [0, 0.05) is 18.7 Å². The molecule has 1 aromatic carbocycles. The molecule has 0 saturated heterocycles. The lowest BCUT2D eigenvalue weighted by molar-refractivity contribution is 0.0929. The Hall–Kier alpha value is -1.53. The maximum atomic E-state index is 13.9. The van der Waals surface area contributed by atoms with Gasteiger partial charge in [0.15, 0.2) is 11.5 Å². The molecule has 0 radical (unpaired) electrons. The molecule has 118 valence electrons. The molecule has 1 unspecified atom stereocenters. The van der Waals surface area contributed by atoms with E-state index in [-0.39, 0.29) is 29.8 Å². The summed E-state index contributed by atoms with van der Waals surface area (Å²) in [5.74, 6) is -0.154. The number of rotatable bonds is 6. The molecule has 21 heavy (non-hydrogen) atoms. The van der Waals surface area contributed by atoms with Crippen LogP contribution < -0.4 is 20.5 Å². The number of hydrogen-bond donors (Lipinski definition) is 2. The smallest absolute Gasteiger partial charge is 0.254 e. The second-order valence-electron chi connectivity index (χ2n) is 4.84. The zero-order valence-corrected chi connectivity index (χ0v) is 12.8. The third-order valence-corrected chi connectivity index (χ3v) is 3.48. The quantitative estimate of drug-likeness (QED) is 0.838.